The zero-order chi connectivity index (χ0) is 64.9. The van der Waals surface area contributed by atoms with Gasteiger partial charge in [0.1, 0.15) is 19.3 Å². The predicted octanol–water partition coefficient (Wildman–Crippen LogP) is 24.5. The molecule has 0 spiro atoms. The van der Waals surface area contributed by atoms with Gasteiger partial charge in [-0.25, -0.2) is 0 Å². The zero-order valence-electron chi connectivity index (χ0n) is 60.2. The predicted molar refractivity (Wildman–Crippen MR) is 386 cm³/mol. The summed E-state index contributed by atoms with van der Waals surface area (Å²) in [5.41, 5.74) is 0. The lowest BCUT2D eigenvalue weighted by Gasteiger charge is -2.30. The number of allylic oxidation sites excluding steroid dienone is 7. The van der Waals surface area contributed by atoms with Crippen molar-refractivity contribution in [3.63, 3.8) is 0 Å². The normalized spacial score (nSPS) is 13.7. The van der Waals surface area contributed by atoms with E-state index in [9.17, 15) is 19.0 Å². The number of unbranched alkanes of at least 4 members (excludes halogenated alkanes) is 50. The number of hydrogen-bond acceptors (Lipinski definition) is 7. The van der Waals surface area contributed by atoms with Crippen molar-refractivity contribution in [2.75, 3.05) is 40.9 Å². The second kappa shape index (κ2) is 68.8. The lowest BCUT2D eigenvalue weighted by Crippen LogP contribution is -2.47. The number of phosphoric acid groups is 1. The van der Waals surface area contributed by atoms with Crippen LogP contribution in [0.3, 0.4) is 0 Å². The molecule has 0 radical (unpaired) electrons. The van der Waals surface area contributed by atoms with Gasteiger partial charge >= 0.3 is 5.97 Å². The molecule has 0 rings (SSSR count). The van der Waals surface area contributed by atoms with Gasteiger partial charge in [0, 0.05) is 12.8 Å². The molecule has 1 amide bonds. The van der Waals surface area contributed by atoms with Crippen molar-refractivity contribution in [3.05, 3.63) is 48.6 Å². The van der Waals surface area contributed by atoms with Crippen molar-refractivity contribution in [1.29, 1.82) is 0 Å². The standard InChI is InChI=1S/C79H151N2O7P/c1-7-10-13-16-19-22-25-27-29-31-33-35-37-39-40-42-43-45-47-49-51-53-56-59-62-65-68-71-78(82)80-76(75-87-89(84,85)86-74-73-81(4,5)6)77(70-67-64-61-58-55-24-21-18-15-12-9-3)88-79(83)72-69-66-63-60-57-54-52-50-48-46-44-41-38-36-34-32-30-28-26-23-20-17-14-11-8-2/h19,22,27-30,67,70,76-77H,7-18,20-21,23-26,31-66,68-69,71-75H2,1-6H3,(H-,80,82,84,85)/b22-19-,29-27-,30-28+,70-67+. The van der Waals surface area contributed by atoms with E-state index >= 15 is 0 Å². The fraction of sp³-hybridized carbons (Fsp3) is 0.873. The third kappa shape index (κ3) is 70.1. The van der Waals surface area contributed by atoms with E-state index in [0.717, 1.165) is 64.2 Å². The summed E-state index contributed by atoms with van der Waals surface area (Å²) < 4.78 is 30.5. The highest BCUT2D eigenvalue weighted by atomic mass is 31.2. The molecule has 9 nitrogen and oxygen atoms in total. The van der Waals surface area contributed by atoms with Crippen molar-refractivity contribution >= 4 is 19.7 Å². The van der Waals surface area contributed by atoms with Crippen LogP contribution in [0.4, 0.5) is 0 Å². The number of ether oxygens (including phenoxy) is 1. The Balaban J connectivity index is 4.87. The van der Waals surface area contributed by atoms with E-state index in [4.69, 9.17) is 13.8 Å². The van der Waals surface area contributed by atoms with Crippen LogP contribution in [0, 0.1) is 0 Å². The van der Waals surface area contributed by atoms with Crippen LogP contribution in [0.5, 0.6) is 0 Å². The summed E-state index contributed by atoms with van der Waals surface area (Å²) in [7, 11) is 1.20. The van der Waals surface area contributed by atoms with Gasteiger partial charge in [-0.1, -0.05) is 339 Å². The monoisotopic (exact) mass is 1270 g/mol. The van der Waals surface area contributed by atoms with Crippen LogP contribution in [-0.2, 0) is 27.9 Å². The number of hydrogen-bond donors (Lipinski definition) is 1. The maximum absolute atomic E-state index is 13.6. The van der Waals surface area contributed by atoms with Crippen molar-refractivity contribution in [3.8, 4) is 0 Å². The second-order valence-electron chi connectivity index (χ2n) is 27.9. The molecule has 0 saturated heterocycles. The molecule has 3 unspecified atom stereocenters. The number of carbonyl (C=O) groups is 2. The van der Waals surface area contributed by atoms with Crippen LogP contribution in [0.2, 0.25) is 0 Å². The van der Waals surface area contributed by atoms with E-state index in [1.165, 1.54) is 295 Å². The van der Waals surface area contributed by atoms with E-state index < -0.39 is 20.0 Å². The number of quaternary nitrogens is 1. The van der Waals surface area contributed by atoms with E-state index in [1.54, 1.807) is 0 Å². The number of rotatable bonds is 72. The first-order valence-electron chi connectivity index (χ1n) is 38.9. The maximum Gasteiger partial charge on any atom is 0.306 e. The lowest BCUT2D eigenvalue weighted by atomic mass is 10.0. The average Bonchev–Trinajstić information content (AvgIpc) is 3.70. The fourth-order valence-corrected chi connectivity index (χ4v) is 12.5. The largest absolute Gasteiger partial charge is 0.756 e. The smallest absolute Gasteiger partial charge is 0.306 e. The van der Waals surface area contributed by atoms with Crippen LogP contribution in [0.25, 0.3) is 0 Å². The van der Waals surface area contributed by atoms with Crippen LogP contribution >= 0.6 is 7.82 Å². The first-order valence-corrected chi connectivity index (χ1v) is 40.4. The Kier molecular flexibility index (Phi) is 67.2. The Morgan fingerprint density at radius 2 is 0.685 bits per heavy atom. The first kappa shape index (κ1) is 87.0. The van der Waals surface area contributed by atoms with Crippen LogP contribution < -0.4 is 10.2 Å². The average molecular weight is 1270 g/mol. The molecule has 0 saturated carbocycles. The zero-order valence-corrected chi connectivity index (χ0v) is 61.1. The molecular weight excluding hydrogens is 1120 g/mol. The molecular formula is C79H151N2O7P. The maximum atomic E-state index is 13.6. The molecule has 524 valence electrons. The van der Waals surface area contributed by atoms with E-state index in [2.05, 4.69) is 62.5 Å². The molecule has 0 aromatic carbocycles. The van der Waals surface area contributed by atoms with Crippen molar-refractivity contribution in [2.24, 2.45) is 0 Å². The van der Waals surface area contributed by atoms with Crippen LogP contribution in [0.1, 0.15) is 393 Å². The summed E-state index contributed by atoms with van der Waals surface area (Å²) >= 11 is 0. The summed E-state index contributed by atoms with van der Waals surface area (Å²) in [4.78, 5) is 40.3. The summed E-state index contributed by atoms with van der Waals surface area (Å²) in [6.07, 6.45) is 88.3. The first-order chi connectivity index (χ1) is 43.4. The van der Waals surface area contributed by atoms with Gasteiger partial charge in [0.05, 0.1) is 33.8 Å². The number of esters is 1. The van der Waals surface area contributed by atoms with Gasteiger partial charge in [-0.05, 0) is 89.5 Å². The quantitative estimate of drug-likeness (QED) is 0.0212. The Morgan fingerprint density at radius 3 is 1.04 bits per heavy atom. The van der Waals surface area contributed by atoms with E-state index in [0.29, 0.717) is 17.4 Å². The number of nitrogens with zero attached hydrogens (tertiary/aromatic N) is 1. The number of carbonyl (C=O) groups excluding carboxylic acids is 2. The number of nitrogens with one attached hydrogen (secondary N) is 1. The highest BCUT2D eigenvalue weighted by molar-refractivity contribution is 7.45. The van der Waals surface area contributed by atoms with Crippen LogP contribution in [0.15, 0.2) is 48.6 Å². The van der Waals surface area contributed by atoms with Crippen molar-refractivity contribution in [1.82, 2.24) is 5.32 Å². The van der Waals surface area contributed by atoms with Crippen molar-refractivity contribution in [2.45, 2.75) is 405 Å². The molecule has 0 heterocycles. The Hall–Kier alpha value is -2.03. The molecule has 0 bridgehead atoms. The molecule has 0 fully saturated rings. The summed E-state index contributed by atoms with van der Waals surface area (Å²) in [5, 5.41) is 3.05. The van der Waals surface area contributed by atoms with Gasteiger partial charge in [-0.2, -0.15) is 0 Å². The molecule has 0 aliphatic carbocycles. The molecule has 0 aromatic rings. The molecule has 1 N–H and O–H groups in total. The van der Waals surface area contributed by atoms with Crippen LogP contribution in [-0.4, -0.2) is 69.4 Å². The van der Waals surface area contributed by atoms with E-state index in [-0.39, 0.29) is 31.5 Å². The fourth-order valence-electron chi connectivity index (χ4n) is 11.7. The summed E-state index contributed by atoms with van der Waals surface area (Å²) in [6, 6.07) is -0.887. The molecule has 89 heavy (non-hydrogen) atoms. The highest BCUT2D eigenvalue weighted by Gasteiger charge is 2.27. The minimum Gasteiger partial charge on any atom is -0.756 e. The van der Waals surface area contributed by atoms with E-state index in [1.807, 2.05) is 33.3 Å². The minimum atomic E-state index is -4.70. The van der Waals surface area contributed by atoms with Gasteiger partial charge in [-0.3, -0.25) is 14.2 Å². The number of amides is 1. The minimum absolute atomic E-state index is 0.0198. The summed E-state index contributed by atoms with van der Waals surface area (Å²) in [6.45, 7) is 6.88. The SMILES string of the molecule is CCCCC/C=C\C/C=C\CCCCCCCCCCCCCCCCCCCC(=O)NC(COP(=O)([O-])OCC[N+](C)(C)C)C(/C=C/CCCCCCCCCCC)OC(=O)CCCCCCCCCCCCCCCCC/C=C/CCCCCCCC. The highest BCUT2D eigenvalue weighted by Crippen LogP contribution is 2.38. The third-order valence-corrected chi connectivity index (χ3v) is 18.7. The van der Waals surface area contributed by atoms with Gasteiger partial charge in [0.15, 0.2) is 0 Å². The molecule has 3 atom stereocenters. The number of phosphoric ester groups is 1. The third-order valence-electron chi connectivity index (χ3n) is 17.7. The lowest BCUT2D eigenvalue weighted by molar-refractivity contribution is -0.870. The van der Waals surface area contributed by atoms with Gasteiger partial charge in [0.2, 0.25) is 5.91 Å². The molecule has 10 heteroatoms. The van der Waals surface area contributed by atoms with Crippen molar-refractivity contribution < 1.29 is 37.3 Å². The molecule has 0 aliphatic rings. The molecule has 0 aromatic heterocycles. The Labute approximate surface area is 554 Å². The topological polar surface area (TPSA) is 114 Å². The summed E-state index contributed by atoms with van der Waals surface area (Å²) in [5.74, 6) is -0.520. The van der Waals surface area contributed by atoms with Gasteiger partial charge in [0.25, 0.3) is 7.82 Å². The van der Waals surface area contributed by atoms with Gasteiger partial charge < -0.3 is 28.5 Å². The number of likely N-dealkylation sites (N-methyl/N-ethyl adjacent to an activating group) is 1. The second-order valence-corrected chi connectivity index (χ2v) is 29.3. The molecule has 0 aliphatic heterocycles. The Morgan fingerprint density at radius 1 is 0.393 bits per heavy atom. The Bertz CT molecular complexity index is 1660. The van der Waals surface area contributed by atoms with Gasteiger partial charge in [-0.15, -0.1) is 0 Å².